The fourth-order valence-electron chi connectivity index (χ4n) is 1.82. The maximum atomic E-state index is 6.16. The zero-order valence-corrected chi connectivity index (χ0v) is 10.0. The van der Waals surface area contributed by atoms with Crippen LogP contribution in [0.1, 0.15) is 50.4 Å². The Kier molecular flexibility index (Phi) is 4.76. The van der Waals surface area contributed by atoms with Gasteiger partial charge in [0.25, 0.3) is 0 Å². The standard InChI is InChI=1S/C13H22N2/c1-4-11(5-2)8-13(14)12-7-6-10(3)15-9-12/h6-7,9,11,13H,4-5,8,14H2,1-3H3. The lowest BCUT2D eigenvalue weighted by Gasteiger charge is -2.18. The van der Waals surface area contributed by atoms with Crippen molar-refractivity contribution in [3.05, 3.63) is 29.6 Å². The maximum absolute atomic E-state index is 6.16. The van der Waals surface area contributed by atoms with E-state index in [1.165, 1.54) is 12.8 Å². The fourth-order valence-corrected chi connectivity index (χ4v) is 1.82. The van der Waals surface area contributed by atoms with E-state index in [2.05, 4.69) is 24.9 Å². The minimum atomic E-state index is 0.142. The van der Waals surface area contributed by atoms with Crippen LogP contribution < -0.4 is 5.73 Å². The highest BCUT2D eigenvalue weighted by Crippen LogP contribution is 2.22. The predicted molar refractivity (Wildman–Crippen MR) is 64.6 cm³/mol. The first-order chi connectivity index (χ1) is 7.17. The topological polar surface area (TPSA) is 38.9 Å². The van der Waals surface area contributed by atoms with Gasteiger partial charge in [0.2, 0.25) is 0 Å². The van der Waals surface area contributed by atoms with E-state index in [0.29, 0.717) is 0 Å². The molecular formula is C13H22N2. The quantitative estimate of drug-likeness (QED) is 0.803. The minimum Gasteiger partial charge on any atom is -0.324 e. The number of rotatable bonds is 5. The van der Waals surface area contributed by atoms with Crippen molar-refractivity contribution in [1.29, 1.82) is 0 Å². The number of nitrogens with zero attached hydrogens (tertiary/aromatic N) is 1. The van der Waals surface area contributed by atoms with E-state index < -0.39 is 0 Å². The van der Waals surface area contributed by atoms with Gasteiger partial charge >= 0.3 is 0 Å². The molecule has 0 spiro atoms. The monoisotopic (exact) mass is 206 g/mol. The molecule has 1 aromatic rings. The number of pyridine rings is 1. The molecule has 1 aromatic heterocycles. The Morgan fingerprint density at radius 3 is 2.40 bits per heavy atom. The van der Waals surface area contributed by atoms with E-state index in [0.717, 1.165) is 23.6 Å². The largest absolute Gasteiger partial charge is 0.324 e. The molecule has 0 aliphatic carbocycles. The molecule has 84 valence electrons. The zero-order valence-electron chi connectivity index (χ0n) is 10.0. The molecule has 1 unspecified atom stereocenters. The van der Waals surface area contributed by atoms with Gasteiger partial charge < -0.3 is 5.73 Å². The Bertz CT molecular complexity index is 275. The second kappa shape index (κ2) is 5.86. The van der Waals surface area contributed by atoms with Gasteiger partial charge in [-0.2, -0.15) is 0 Å². The first-order valence-electron chi connectivity index (χ1n) is 5.85. The molecule has 0 saturated heterocycles. The molecule has 2 nitrogen and oxygen atoms in total. The highest BCUT2D eigenvalue weighted by atomic mass is 14.7. The summed E-state index contributed by atoms with van der Waals surface area (Å²) in [4.78, 5) is 4.28. The van der Waals surface area contributed by atoms with E-state index in [1.807, 2.05) is 19.2 Å². The molecule has 1 atom stereocenters. The van der Waals surface area contributed by atoms with E-state index in [9.17, 15) is 0 Å². The fraction of sp³-hybridized carbons (Fsp3) is 0.615. The van der Waals surface area contributed by atoms with Crippen molar-refractivity contribution in [2.45, 2.75) is 46.1 Å². The van der Waals surface area contributed by atoms with Crippen molar-refractivity contribution in [2.24, 2.45) is 11.7 Å². The van der Waals surface area contributed by atoms with Gasteiger partial charge in [0.1, 0.15) is 0 Å². The van der Waals surface area contributed by atoms with E-state index in [1.54, 1.807) is 0 Å². The first kappa shape index (κ1) is 12.2. The molecule has 15 heavy (non-hydrogen) atoms. The second-order valence-corrected chi connectivity index (χ2v) is 4.26. The van der Waals surface area contributed by atoms with Crippen molar-refractivity contribution >= 4 is 0 Å². The summed E-state index contributed by atoms with van der Waals surface area (Å²) in [5, 5.41) is 0. The Labute approximate surface area is 92.9 Å². The van der Waals surface area contributed by atoms with Gasteiger partial charge in [0, 0.05) is 17.9 Å². The lowest BCUT2D eigenvalue weighted by Crippen LogP contribution is -2.15. The third kappa shape index (κ3) is 3.63. The van der Waals surface area contributed by atoms with Crippen LogP contribution in [0.15, 0.2) is 18.3 Å². The summed E-state index contributed by atoms with van der Waals surface area (Å²) in [5.74, 6) is 0.737. The molecule has 0 bridgehead atoms. The molecule has 0 fully saturated rings. The highest BCUT2D eigenvalue weighted by Gasteiger charge is 2.12. The number of nitrogens with two attached hydrogens (primary N) is 1. The molecule has 0 radical (unpaired) electrons. The van der Waals surface area contributed by atoms with Gasteiger partial charge in [-0.25, -0.2) is 0 Å². The molecule has 2 N–H and O–H groups in total. The number of hydrogen-bond donors (Lipinski definition) is 1. The summed E-state index contributed by atoms with van der Waals surface area (Å²) in [5.41, 5.74) is 8.37. The van der Waals surface area contributed by atoms with Gasteiger partial charge in [-0.1, -0.05) is 32.8 Å². The molecule has 1 heterocycles. The van der Waals surface area contributed by atoms with Crippen LogP contribution in [0, 0.1) is 12.8 Å². The molecule has 0 aromatic carbocycles. The van der Waals surface area contributed by atoms with Crippen molar-refractivity contribution in [3.63, 3.8) is 0 Å². The predicted octanol–water partition coefficient (Wildman–Crippen LogP) is 3.22. The molecule has 2 heteroatoms. The molecular weight excluding hydrogens is 184 g/mol. The van der Waals surface area contributed by atoms with Crippen LogP contribution in [-0.2, 0) is 0 Å². The Balaban J connectivity index is 2.60. The summed E-state index contributed by atoms with van der Waals surface area (Å²) in [6.07, 6.45) is 5.40. The SMILES string of the molecule is CCC(CC)CC(N)c1ccc(C)nc1. The summed E-state index contributed by atoms with van der Waals surface area (Å²) >= 11 is 0. The number of hydrogen-bond acceptors (Lipinski definition) is 2. The van der Waals surface area contributed by atoms with E-state index >= 15 is 0 Å². The number of aryl methyl sites for hydroxylation is 1. The Morgan fingerprint density at radius 2 is 1.93 bits per heavy atom. The molecule has 0 amide bonds. The Morgan fingerprint density at radius 1 is 1.27 bits per heavy atom. The van der Waals surface area contributed by atoms with Crippen molar-refractivity contribution in [1.82, 2.24) is 4.98 Å². The summed E-state index contributed by atoms with van der Waals surface area (Å²) in [7, 11) is 0. The first-order valence-corrected chi connectivity index (χ1v) is 5.85. The third-order valence-corrected chi connectivity index (χ3v) is 3.10. The van der Waals surface area contributed by atoms with Crippen LogP contribution in [0.25, 0.3) is 0 Å². The van der Waals surface area contributed by atoms with E-state index in [4.69, 9.17) is 5.73 Å². The van der Waals surface area contributed by atoms with Crippen molar-refractivity contribution < 1.29 is 0 Å². The van der Waals surface area contributed by atoms with Crippen LogP contribution in [0.2, 0.25) is 0 Å². The zero-order chi connectivity index (χ0) is 11.3. The lowest BCUT2D eigenvalue weighted by atomic mass is 9.92. The van der Waals surface area contributed by atoms with Crippen LogP contribution in [0.5, 0.6) is 0 Å². The van der Waals surface area contributed by atoms with Gasteiger partial charge in [-0.3, -0.25) is 4.98 Å². The van der Waals surface area contributed by atoms with Gasteiger partial charge in [-0.15, -0.1) is 0 Å². The van der Waals surface area contributed by atoms with Crippen LogP contribution in [0.3, 0.4) is 0 Å². The molecule has 0 saturated carbocycles. The normalized spacial score (nSPS) is 13.1. The van der Waals surface area contributed by atoms with Crippen molar-refractivity contribution in [3.8, 4) is 0 Å². The molecule has 0 aliphatic heterocycles. The van der Waals surface area contributed by atoms with Crippen LogP contribution >= 0.6 is 0 Å². The number of aromatic nitrogens is 1. The molecule has 0 aliphatic rings. The summed E-state index contributed by atoms with van der Waals surface area (Å²) in [6.45, 7) is 6.46. The minimum absolute atomic E-state index is 0.142. The smallest absolute Gasteiger partial charge is 0.0372 e. The molecule has 1 rings (SSSR count). The highest BCUT2D eigenvalue weighted by molar-refractivity contribution is 5.16. The summed E-state index contributed by atoms with van der Waals surface area (Å²) < 4.78 is 0. The van der Waals surface area contributed by atoms with Crippen LogP contribution in [-0.4, -0.2) is 4.98 Å². The van der Waals surface area contributed by atoms with Crippen molar-refractivity contribution in [2.75, 3.05) is 0 Å². The van der Waals surface area contributed by atoms with E-state index in [-0.39, 0.29) is 6.04 Å². The maximum Gasteiger partial charge on any atom is 0.0372 e. The van der Waals surface area contributed by atoms with Crippen LogP contribution in [0.4, 0.5) is 0 Å². The Hall–Kier alpha value is -0.890. The average molecular weight is 206 g/mol. The lowest BCUT2D eigenvalue weighted by molar-refractivity contribution is 0.414. The summed E-state index contributed by atoms with van der Waals surface area (Å²) in [6, 6.07) is 4.26. The van der Waals surface area contributed by atoms with Gasteiger partial charge in [0.05, 0.1) is 0 Å². The van der Waals surface area contributed by atoms with Gasteiger partial charge in [-0.05, 0) is 30.9 Å². The average Bonchev–Trinajstić information content (AvgIpc) is 2.26. The third-order valence-electron chi connectivity index (χ3n) is 3.10. The van der Waals surface area contributed by atoms with Gasteiger partial charge in [0.15, 0.2) is 0 Å². The second-order valence-electron chi connectivity index (χ2n) is 4.26.